The minimum Gasteiger partial charge on any atom is -0.459 e. The van der Waals surface area contributed by atoms with E-state index in [4.69, 9.17) is 9.52 Å². The maximum Gasteiger partial charge on any atom is 0.323 e. The first-order valence-electron chi connectivity index (χ1n) is 10.2. The molecule has 2 N–H and O–H groups in total. The van der Waals surface area contributed by atoms with Crippen molar-refractivity contribution in [2.75, 3.05) is 18.4 Å². The number of anilines is 1. The second-order valence-electron chi connectivity index (χ2n) is 7.92. The molecule has 0 radical (unpaired) electrons. The molecule has 1 saturated heterocycles. The van der Waals surface area contributed by atoms with Crippen molar-refractivity contribution >= 4 is 11.8 Å². The standard InChI is InChI=1S/C23H25FN4O3/c1-15-3-6-20(25-12-15)27-22(30)28-9-7-23(24,8-10-28)21-16(2)11-17(13-26-21)19-5-4-18(14-29)31-19/h3-6,11-13,29H,7-10,14H2,1-2H3,(H,25,27,30). The van der Waals surface area contributed by atoms with E-state index in [0.29, 0.717) is 23.0 Å². The van der Waals surface area contributed by atoms with Crippen LogP contribution in [0.25, 0.3) is 11.3 Å². The molecular formula is C23H25FN4O3. The summed E-state index contributed by atoms with van der Waals surface area (Å²) in [5, 5.41) is 11.9. The van der Waals surface area contributed by atoms with Crippen LogP contribution in [0.5, 0.6) is 0 Å². The van der Waals surface area contributed by atoms with Gasteiger partial charge in [-0.25, -0.2) is 14.2 Å². The second-order valence-corrected chi connectivity index (χ2v) is 7.92. The van der Waals surface area contributed by atoms with Crippen LogP contribution in [-0.2, 0) is 12.3 Å². The number of likely N-dealkylation sites (tertiary alicyclic amines) is 1. The molecule has 0 bridgehead atoms. The number of nitrogens with one attached hydrogen (secondary N) is 1. The molecule has 1 aliphatic heterocycles. The highest BCUT2D eigenvalue weighted by atomic mass is 19.1. The van der Waals surface area contributed by atoms with Crippen molar-refractivity contribution in [3.8, 4) is 11.3 Å². The Bertz CT molecular complexity index is 1070. The number of halogens is 1. The van der Waals surface area contributed by atoms with E-state index in [0.717, 1.165) is 16.7 Å². The summed E-state index contributed by atoms with van der Waals surface area (Å²) in [6.45, 7) is 4.14. The lowest BCUT2D eigenvalue weighted by molar-refractivity contribution is 0.0677. The lowest BCUT2D eigenvalue weighted by Gasteiger charge is -2.36. The van der Waals surface area contributed by atoms with Gasteiger partial charge in [0.25, 0.3) is 0 Å². The van der Waals surface area contributed by atoms with E-state index in [1.807, 2.05) is 26.0 Å². The molecule has 3 aromatic heterocycles. The van der Waals surface area contributed by atoms with E-state index < -0.39 is 5.67 Å². The van der Waals surface area contributed by atoms with Gasteiger partial charge in [-0.2, -0.15) is 0 Å². The van der Waals surface area contributed by atoms with Crippen LogP contribution in [0.15, 0.2) is 47.1 Å². The molecule has 4 heterocycles. The number of hydrogen-bond acceptors (Lipinski definition) is 5. The van der Waals surface area contributed by atoms with Gasteiger partial charge in [0.2, 0.25) is 0 Å². The van der Waals surface area contributed by atoms with E-state index in [1.165, 1.54) is 0 Å². The van der Waals surface area contributed by atoms with Crippen LogP contribution in [0.1, 0.15) is 35.4 Å². The topological polar surface area (TPSA) is 91.5 Å². The van der Waals surface area contributed by atoms with Crippen LogP contribution in [0.4, 0.5) is 15.0 Å². The smallest absolute Gasteiger partial charge is 0.323 e. The summed E-state index contributed by atoms with van der Waals surface area (Å²) in [6, 6.07) is 8.63. The minimum atomic E-state index is -1.60. The number of urea groups is 1. The highest BCUT2D eigenvalue weighted by Crippen LogP contribution is 2.38. The Morgan fingerprint density at radius 2 is 1.97 bits per heavy atom. The molecular weight excluding hydrogens is 399 g/mol. The number of amides is 2. The number of furan rings is 1. The first-order valence-corrected chi connectivity index (χ1v) is 10.2. The number of aliphatic hydroxyl groups is 1. The number of carbonyl (C=O) groups is 1. The molecule has 4 rings (SSSR count). The monoisotopic (exact) mass is 424 g/mol. The number of rotatable bonds is 4. The SMILES string of the molecule is Cc1ccc(NC(=O)N2CCC(F)(c3ncc(-c4ccc(CO)o4)cc3C)CC2)nc1. The first kappa shape index (κ1) is 21.0. The normalized spacial score (nSPS) is 15.7. The average Bonchev–Trinajstić information content (AvgIpc) is 3.25. The van der Waals surface area contributed by atoms with Crippen LogP contribution in [0.2, 0.25) is 0 Å². The quantitative estimate of drug-likeness (QED) is 0.650. The van der Waals surface area contributed by atoms with Gasteiger partial charge in [-0.15, -0.1) is 0 Å². The van der Waals surface area contributed by atoms with Crippen molar-refractivity contribution < 1.29 is 18.7 Å². The predicted molar refractivity (Wildman–Crippen MR) is 114 cm³/mol. The molecule has 1 fully saturated rings. The number of alkyl halides is 1. The lowest BCUT2D eigenvalue weighted by Crippen LogP contribution is -2.45. The van der Waals surface area contributed by atoms with Gasteiger partial charge in [-0.1, -0.05) is 6.07 Å². The van der Waals surface area contributed by atoms with Crippen molar-refractivity contribution in [2.45, 2.75) is 39.0 Å². The second kappa shape index (κ2) is 8.47. The average molecular weight is 424 g/mol. The van der Waals surface area contributed by atoms with Crippen LogP contribution in [0.3, 0.4) is 0 Å². The third-order valence-electron chi connectivity index (χ3n) is 5.59. The van der Waals surface area contributed by atoms with Gasteiger partial charge in [-0.3, -0.25) is 10.3 Å². The fourth-order valence-corrected chi connectivity index (χ4v) is 3.83. The number of aliphatic hydroxyl groups excluding tert-OH is 1. The van der Waals surface area contributed by atoms with Crippen molar-refractivity contribution in [2.24, 2.45) is 0 Å². The van der Waals surface area contributed by atoms with E-state index in [9.17, 15) is 4.79 Å². The van der Waals surface area contributed by atoms with Gasteiger partial charge in [0, 0.05) is 43.9 Å². The summed E-state index contributed by atoms with van der Waals surface area (Å²) < 4.78 is 21.3. The summed E-state index contributed by atoms with van der Waals surface area (Å²) >= 11 is 0. The molecule has 8 heteroatoms. The third-order valence-corrected chi connectivity index (χ3v) is 5.59. The number of hydrogen-bond donors (Lipinski definition) is 2. The third kappa shape index (κ3) is 4.44. The Hall–Kier alpha value is -3.26. The Morgan fingerprint density at radius 1 is 1.19 bits per heavy atom. The number of aryl methyl sites for hydroxylation is 2. The number of piperidine rings is 1. The van der Waals surface area contributed by atoms with Crippen LogP contribution < -0.4 is 5.32 Å². The molecule has 0 unspecified atom stereocenters. The highest BCUT2D eigenvalue weighted by molar-refractivity contribution is 5.88. The van der Waals surface area contributed by atoms with Crippen LogP contribution in [0, 0.1) is 13.8 Å². The molecule has 0 saturated carbocycles. The van der Waals surface area contributed by atoms with E-state index >= 15 is 4.39 Å². The van der Waals surface area contributed by atoms with Crippen LogP contribution >= 0.6 is 0 Å². The lowest BCUT2D eigenvalue weighted by atomic mass is 9.87. The summed E-state index contributed by atoms with van der Waals surface area (Å²) in [7, 11) is 0. The number of carbonyl (C=O) groups excluding carboxylic acids is 1. The van der Waals surface area contributed by atoms with Gasteiger partial charge in [0.15, 0.2) is 5.67 Å². The van der Waals surface area contributed by atoms with Gasteiger partial charge in [0.1, 0.15) is 23.9 Å². The zero-order valence-electron chi connectivity index (χ0n) is 17.6. The Labute approximate surface area is 179 Å². The molecule has 0 aliphatic carbocycles. The van der Waals surface area contributed by atoms with Gasteiger partial charge in [-0.05, 0) is 49.2 Å². The first-order chi connectivity index (χ1) is 14.9. The number of pyridine rings is 2. The maximum absolute atomic E-state index is 15.8. The number of aromatic nitrogens is 2. The van der Waals surface area contributed by atoms with Crippen molar-refractivity contribution in [1.29, 1.82) is 0 Å². The Balaban J connectivity index is 1.42. The van der Waals surface area contributed by atoms with E-state index in [-0.39, 0.29) is 38.6 Å². The summed E-state index contributed by atoms with van der Waals surface area (Å²) in [4.78, 5) is 22.7. The van der Waals surface area contributed by atoms with Crippen molar-refractivity contribution in [3.63, 3.8) is 0 Å². The Morgan fingerprint density at radius 3 is 2.58 bits per heavy atom. The van der Waals surface area contributed by atoms with Gasteiger partial charge in [0.05, 0.1) is 5.69 Å². The summed E-state index contributed by atoms with van der Waals surface area (Å²) in [6.07, 6.45) is 3.62. The molecule has 2 amide bonds. The molecule has 0 aromatic carbocycles. The zero-order chi connectivity index (χ0) is 22.0. The molecule has 0 atom stereocenters. The van der Waals surface area contributed by atoms with Crippen molar-refractivity contribution in [3.05, 3.63) is 65.3 Å². The molecule has 0 spiro atoms. The minimum absolute atomic E-state index is 0.171. The molecule has 7 nitrogen and oxygen atoms in total. The molecule has 3 aromatic rings. The summed E-state index contributed by atoms with van der Waals surface area (Å²) in [5.41, 5.74) is 1.26. The molecule has 31 heavy (non-hydrogen) atoms. The number of nitrogens with zero attached hydrogens (tertiary/aromatic N) is 3. The highest BCUT2D eigenvalue weighted by Gasteiger charge is 2.40. The largest absolute Gasteiger partial charge is 0.459 e. The van der Waals surface area contributed by atoms with Gasteiger partial charge < -0.3 is 14.4 Å². The fraction of sp³-hybridized carbons (Fsp3) is 0.348. The molecule has 162 valence electrons. The fourth-order valence-electron chi connectivity index (χ4n) is 3.83. The van der Waals surface area contributed by atoms with Crippen molar-refractivity contribution in [1.82, 2.24) is 14.9 Å². The predicted octanol–water partition coefficient (Wildman–Crippen LogP) is 4.34. The van der Waals surface area contributed by atoms with E-state index in [2.05, 4.69) is 15.3 Å². The Kier molecular flexibility index (Phi) is 5.73. The zero-order valence-corrected chi connectivity index (χ0v) is 17.6. The summed E-state index contributed by atoms with van der Waals surface area (Å²) in [5.74, 6) is 1.52. The van der Waals surface area contributed by atoms with Crippen LogP contribution in [-0.4, -0.2) is 39.1 Å². The van der Waals surface area contributed by atoms with E-state index in [1.54, 1.807) is 35.5 Å². The van der Waals surface area contributed by atoms with Gasteiger partial charge >= 0.3 is 6.03 Å². The molecule has 1 aliphatic rings. The maximum atomic E-state index is 15.8.